The van der Waals surface area contributed by atoms with E-state index in [0.717, 1.165) is 32.4 Å². The van der Waals surface area contributed by atoms with Gasteiger partial charge in [-0.15, -0.1) is 0 Å². The Balaban J connectivity index is 2.43. The molecule has 0 aliphatic carbocycles. The fourth-order valence-corrected chi connectivity index (χ4v) is 2.18. The maximum Gasteiger partial charge on any atom is 0.237 e. The topological polar surface area (TPSA) is 44.4 Å². The zero-order valence-corrected chi connectivity index (χ0v) is 11.6. The van der Waals surface area contributed by atoms with Crippen LogP contribution in [-0.4, -0.2) is 49.1 Å². The van der Waals surface area contributed by atoms with Crippen molar-refractivity contribution >= 4 is 5.91 Å². The van der Waals surface area contributed by atoms with Crippen molar-refractivity contribution in [1.29, 1.82) is 0 Å². The van der Waals surface area contributed by atoms with Crippen molar-refractivity contribution < 1.29 is 4.79 Å². The third-order valence-electron chi connectivity index (χ3n) is 3.88. The van der Waals surface area contributed by atoms with Gasteiger partial charge < -0.3 is 10.6 Å². The normalized spacial score (nSPS) is 21.2. The van der Waals surface area contributed by atoms with Crippen molar-refractivity contribution in [3.8, 4) is 0 Å². The summed E-state index contributed by atoms with van der Waals surface area (Å²) in [5, 5.41) is 6.40. The molecule has 1 aliphatic heterocycles. The highest BCUT2D eigenvalue weighted by Crippen LogP contribution is 2.13. The molecule has 1 fully saturated rings. The molecule has 0 bridgehead atoms. The van der Waals surface area contributed by atoms with Crippen LogP contribution < -0.4 is 10.6 Å². The average molecular weight is 241 g/mol. The van der Waals surface area contributed by atoms with Crippen LogP contribution in [0.1, 0.15) is 40.0 Å². The SMILES string of the molecule is CCC(C)NC(=O)C(C)N(C)C1CCNCC1. The number of nitrogens with one attached hydrogen (secondary N) is 2. The fraction of sp³-hybridized carbons (Fsp3) is 0.923. The maximum atomic E-state index is 12.0. The van der Waals surface area contributed by atoms with E-state index in [4.69, 9.17) is 0 Å². The average Bonchev–Trinajstić information content (AvgIpc) is 2.37. The van der Waals surface area contributed by atoms with E-state index in [0.29, 0.717) is 6.04 Å². The number of piperidine rings is 1. The van der Waals surface area contributed by atoms with Crippen LogP contribution >= 0.6 is 0 Å². The fourth-order valence-electron chi connectivity index (χ4n) is 2.18. The molecular weight excluding hydrogens is 214 g/mol. The van der Waals surface area contributed by atoms with E-state index in [1.54, 1.807) is 0 Å². The predicted octanol–water partition coefficient (Wildman–Crippen LogP) is 0.973. The van der Waals surface area contributed by atoms with Crippen LogP contribution in [0, 0.1) is 0 Å². The molecule has 1 rings (SSSR count). The molecule has 0 aromatic rings. The molecule has 4 heteroatoms. The Morgan fingerprint density at radius 2 is 2.00 bits per heavy atom. The highest BCUT2D eigenvalue weighted by molar-refractivity contribution is 5.81. The van der Waals surface area contributed by atoms with Gasteiger partial charge in [-0.3, -0.25) is 9.69 Å². The van der Waals surface area contributed by atoms with Crippen LogP contribution in [-0.2, 0) is 4.79 Å². The smallest absolute Gasteiger partial charge is 0.237 e. The summed E-state index contributed by atoms with van der Waals surface area (Å²) >= 11 is 0. The quantitative estimate of drug-likeness (QED) is 0.754. The summed E-state index contributed by atoms with van der Waals surface area (Å²) in [6, 6.07) is 0.771. The lowest BCUT2D eigenvalue weighted by atomic mass is 10.0. The van der Waals surface area contributed by atoms with Crippen LogP contribution in [0.15, 0.2) is 0 Å². The first-order chi connectivity index (χ1) is 8.06. The second-order valence-corrected chi connectivity index (χ2v) is 5.14. The van der Waals surface area contributed by atoms with Crippen LogP contribution in [0.25, 0.3) is 0 Å². The van der Waals surface area contributed by atoms with Gasteiger partial charge in [-0.05, 0) is 53.2 Å². The zero-order chi connectivity index (χ0) is 12.8. The first-order valence-corrected chi connectivity index (χ1v) is 6.79. The Labute approximate surface area is 105 Å². The molecule has 1 saturated heterocycles. The summed E-state index contributed by atoms with van der Waals surface area (Å²) in [6.45, 7) is 8.27. The number of likely N-dealkylation sites (N-methyl/N-ethyl adjacent to an activating group) is 1. The van der Waals surface area contributed by atoms with Crippen LogP contribution in [0.3, 0.4) is 0 Å². The van der Waals surface area contributed by atoms with Gasteiger partial charge in [0.2, 0.25) is 5.91 Å². The van der Waals surface area contributed by atoms with Gasteiger partial charge >= 0.3 is 0 Å². The second kappa shape index (κ2) is 6.97. The molecule has 4 nitrogen and oxygen atoms in total. The lowest BCUT2D eigenvalue weighted by Crippen LogP contribution is -2.51. The molecule has 2 N–H and O–H groups in total. The number of rotatable bonds is 5. The molecule has 0 aromatic carbocycles. The number of nitrogens with zero attached hydrogens (tertiary/aromatic N) is 1. The molecule has 0 radical (unpaired) electrons. The maximum absolute atomic E-state index is 12.0. The van der Waals surface area contributed by atoms with Crippen molar-refractivity contribution in [2.24, 2.45) is 0 Å². The highest BCUT2D eigenvalue weighted by Gasteiger charge is 2.26. The Kier molecular flexibility index (Phi) is 5.92. The first kappa shape index (κ1) is 14.5. The van der Waals surface area contributed by atoms with E-state index >= 15 is 0 Å². The summed E-state index contributed by atoms with van der Waals surface area (Å²) in [6.07, 6.45) is 3.25. The van der Waals surface area contributed by atoms with Gasteiger partial charge in [0.15, 0.2) is 0 Å². The summed E-state index contributed by atoms with van der Waals surface area (Å²) < 4.78 is 0. The number of carbonyl (C=O) groups excluding carboxylic acids is 1. The summed E-state index contributed by atoms with van der Waals surface area (Å²) in [5.74, 6) is 0.153. The molecule has 2 unspecified atom stereocenters. The minimum absolute atomic E-state index is 0.0351. The van der Waals surface area contributed by atoms with Crippen molar-refractivity contribution in [2.75, 3.05) is 20.1 Å². The zero-order valence-electron chi connectivity index (χ0n) is 11.6. The molecule has 2 atom stereocenters. The molecule has 100 valence electrons. The number of carbonyl (C=O) groups is 1. The Hall–Kier alpha value is -0.610. The van der Waals surface area contributed by atoms with Crippen LogP contribution in [0.2, 0.25) is 0 Å². The second-order valence-electron chi connectivity index (χ2n) is 5.14. The van der Waals surface area contributed by atoms with E-state index in [-0.39, 0.29) is 18.0 Å². The standard InChI is InChI=1S/C13H27N3O/c1-5-10(2)15-13(17)11(3)16(4)12-6-8-14-9-7-12/h10-12,14H,5-9H2,1-4H3,(H,15,17). The minimum Gasteiger partial charge on any atom is -0.352 e. The van der Waals surface area contributed by atoms with Crippen molar-refractivity contribution in [3.63, 3.8) is 0 Å². The summed E-state index contributed by atoms with van der Waals surface area (Å²) in [4.78, 5) is 14.2. The molecule has 1 amide bonds. The van der Waals surface area contributed by atoms with Crippen LogP contribution in [0.5, 0.6) is 0 Å². The first-order valence-electron chi connectivity index (χ1n) is 6.79. The van der Waals surface area contributed by atoms with E-state index in [1.807, 2.05) is 6.92 Å². The summed E-state index contributed by atoms with van der Waals surface area (Å²) in [5.41, 5.74) is 0. The van der Waals surface area contributed by atoms with Crippen molar-refractivity contribution in [1.82, 2.24) is 15.5 Å². The molecule has 0 spiro atoms. The highest BCUT2D eigenvalue weighted by atomic mass is 16.2. The molecule has 17 heavy (non-hydrogen) atoms. The molecule has 0 saturated carbocycles. The summed E-state index contributed by atoms with van der Waals surface area (Å²) in [7, 11) is 2.07. The van der Waals surface area contributed by atoms with Gasteiger partial charge in [0.05, 0.1) is 6.04 Å². The minimum atomic E-state index is -0.0351. The third kappa shape index (κ3) is 4.28. The van der Waals surface area contributed by atoms with Gasteiger partial charge in [0.1, 0.15) is 0 Å². The number of hydrogen-bond donors (Lipinski definition) is 2. The van der Waals surface area contributed by atoms with E-state index < -0.39 is 0 Å². The Bertz CT molecular complexity index is 239. The Morgan fingerprint density at radius 3 is 2.53 bits per heavy atom. The van der Waals surface area contributed by atoms with Gasteiger partial charge in [-0.25, -0.2) is 0 Å². The van der Waals surface area contributed by atoms with Gasteiger partial charge in [0.25, 0.3) is 0 Å². The molecule has 1 heterocycles. The largest absolute Gasteiger partial charge is 0.352 e. The van der Waals surface area contributed by atoms with E-state index in [2.05, 4.69) is 36.4 Å². The number of amides is 1. The molecular formula is C13H27N3O. The van der Waals surface area contributed by atoms with Crippen molar-refractivity contribution in [2.45, 2.75) is 58.2 Å². The number of hydrogen-bond acceptors (Lipinski definition) is 3. The van der Waals surface area contributed by atoms with Crippen molar-refractivity contribution in [3.05, 3.63) is 0 Å². The predicted molar refractivity (Wildman–Crippen MR) is 71.0 cm³/mol. The molecule has 1 aliphatic rings. The van der Waals surface area contributed by atoms with Gasteiger partial charge in [0, 0.05) is 12.1 Å². The van der Waals surface area contributed by atoms with E-state index in [1.165, 1.54) is 0 Å². The monoisotopic (exact) mass is 241 g/mol. The van der Waals surface area contributed by atoms with Crippen LogP contribution in [0.4, 0.5) is 0 Å². The Morgan fingerprint density at radius 1 is 1.41 bits per heavy atom. The third-order valence-corrected chi connectivity index (χ3v) is 3.88. The van der Waals surface area contributed by atoms with E-state index in [9.17, 15) is 4.79 Å². The van der Waals surface area contributed by atoms with Gasteiger partial charge in [-0.2, -0.15) is 0 Å². The molecule has 0 aromatic heterocycles. The lowest BCUT2D eigenvalue weighted by Gasteiger charge is -2.35. The lowest BCUT2D eigenvalue weighted by molar-refractivity contribution is -0.127. The van der Waals surface area contributed by atoms with Gasteiger partial charge in [-0.1, -0.05) is 6.92 Å².